The second-order valence-electron chi connectivity index (χ2n) is 7.77. The first-order valence-corrected chi connectivity index (χ1v) is 11.1. The van der Waals surface area contributed by atoms with Gasteiger partial charge in [-0.15, -0.1) is 0 Å². The highest BCUT2D eigenvalue weighted by Gasteiger charge is 2.33. The fourth-order valence-corrected chi connectivity index (χ4v) is 5.10. The number of carbonyl (C=O) groups excluding carboxylic acids is 2. The number of amides is 2. The number of carboxylic acid groups (broad SMARTS) is 1. The van der Waals surface area contributed by atoms with Crippen molar-refractivity contribution in [2.75, 3.05) is 4.90 Å². The molecule has 2 heterocycles. The molecule has 7 heteroatoms. The predicted molar refractivity (Wildman–Crippen MR) is 117 cm³/mol. The average molecular weight is 425 g/mol. The molecule has 2 N–H and O–H groups in total. The molecule has 2 aromatic rings. The Bertz CT molecular complexity index is 989. The summed E-state index contributed by atoms with van der Waals surface area (Å²) in [5.74, 6) is -1.19. The van der Waals surface area contributed by atoms with Crippen molar-refractivity contribution < 1.29 is 19.5 Å². The van der Waals surface area contributed by atoms with E-state index in [0.29, 0.717) is 18.2 Å². The van der Waals surface area contributed by atoms with Gasteiger partial charge in [-0.05, 0) is 59.8 Å². The largest absolute Gasteiger partial charge is 0.478 e. The number of carboxylic acids is 1. The second-order valence-corrected chi connectivity index (χ2v) is 8.85. The molecule has 6 nitrogen and oxygen atoms in total. The zero-order valence-electron chi connectivity index (χ0n) is 16.8. The van der Waals surface area contributed by atoms with Crippen LogP contribution in [-0.2, 0) is 17.8 Å². The van der Waals surface area contributed by atoms with Gasteiger partial charge in [-0.25, -0.2) is 4.79 Å². The molecule has 2 atom stereocenters. The summed E-state index contributed by atoms with van der Waals surface area (Å²) >= 11 is 1.00. The highest BCUT2D eigenvalue weighted by atomic mass is 32.2. The Kier molecular flexibility index (Phi) is 5.81. The number of anilines is 1. The lowest BCUT2D eigenvalue weighted by Gasteiger charge is -2.39. The van der Waals surface area contributed by atoms with Gasteiger partial charge in [-0.3, -0.25) is 14.9 Å². The van der Waals surface area contributed by atoms with Crippen LogP contribution in [0.4, 0.5) is 10.5 Å². The van der Waals surface area contributed by atoms with E-state index in [0.717, 1.165) is 54.3 Å². The summed E-state index contributed by atoms with van der Waals surface area (Å²) in [6.45, 7) is 2.84. The number of carbonyl (C=O) groups is 3. The highest BCUT2D eigenvalue weighted by Crippen LogP contribution is 2.36. The highest BCUT2D eigenvalue weighted by molar-refractivity contribution is 8.15. The second kappa shape index (κ2) is 8.52. The van der Waals surface area contributed by atoms with Gasteiger partial charge >= 0.3 is 5.97 Å². The van der Waals surface area contributed by atoms with Gasteiger partial charge in [0.25, 0.3) is 5.24 Å². The van der Waals surface area contributed by atoms with Crippen molar-refractivity contribution >= 4 is 34.6 Å². The number of nitrogens with one attached hydrogen (secondary N) is 1. The quantitative estimate of drug-likeness (QED) is 0.708. The lowest BCUT2D eigenvalue weighted by Crippen LogP contribution is -2.39. The topological polar surface area (TPSA) is 86.7 Å². The number of hydrogen-bond donors (Lipinski definition) is 2. The van der Waals surface area contributed by atoms with Gasteiger partial charge in [0.15, 0.2) is 0 Å². The summed E-state index contributed by atoms with van der Waals surface area (Å²) < 4.78 is 0. The SMILES string of the molecule is CCCC1CCc2ccc(C(=O)O)cc2N1Cc1ccc(C2SC(=O)NC2=O)cc1. The minimum absolute atomic E-state index is 0.271. The molecule has 1 fully saturated rings. The Balaban J connectivity index is 1.60. The molecular weight excluding hydrogens is 400 g/mol. The van der Waals surface area contributed by atoms with Crippen LogP contribution in [0.1, 0.15) is 58.5 Å². The molecule has 4 rings (SSSR count). The van der Waals surface area contributed by atoms with Crippen molar-refractivity contribution in [3.63, 3.8) is 0 Å². The fourth-order valence-electron chi connectivity index (χ4n) is 4.27. The summed E-state index contributed by atoms with van der Waals surface area (Å²) in [5.41, 5.74) is 4.38. The van der Waals surface area contributed by atoms with Gasteiger partial charge in [0.05, 0.1) is 5.56 Å². The molecule has 1 saturated heterocycles. The van der Waals surface area contributed by atoms with Crippen LogP contribution in [0.5, 0.6) is 0 Å². The van der Waals surface area contributed by atoms with Gasteiger partial charge < -0.3 is 10.0 Å². The van der Waals surface area contributed by atoms with E-state index >= 15 is 0 Å². The molecule has 0 radical (unpaired) electrons. The first kappa shape index (κ1) is 20.5. The summed E-state index contributed by atoms with van der Waals surface area (Å²) in [6, 6.07) is 13.6. The van der Waals surface area contributed by atoms with Crippen molar-refractivity contribution in [3.8, 4) is 0 Å². The van der Waals surface area contributed by atoms with Crippen LogP contribution in [0.15, 0.2) is 42.5 Å². The minimum Gasteiger partial charge on any atom is -0.478 e. The molecule has 30 heavy (non-hydrogen) atoms. The normalized spacial score (nSPS) is 20.8. The number of thioether (sulfide) groups is 1. The van der Waals surface area contributed by atoms with E-state index in [-0.39, 0.29) is 11.1 Å². The Morgan fingerprint density at radius 2 is 1.97 bits per heavy atom. The molecule has 2 unspecified atom stereocenters. The Labute approximate surface area is 179 Å². The van der Waals surface area contributed by atoms with Crippen LogP contribution < -0.4 is 10.2 Å². The molecule has 2 aromatic carbocycles. The fraction of sp³-hybridized carbons (Fsp3) is 0.348. The van der Waals surface area contributed by atoms with E-state index in [1.807, 2.05) is 30.3 Å². The Morgan fingerprint density at radius 1 is 1.20 bits per heavy atom. The summed E-state index contributed by atoms with van der Waals surface area (Å²) in [5, 5.41) is 10.9. The van der Waals surface area contributed by atoms with Crippen LogP contribution in [0.25, 0.3) is 0 Å². The summed E-state index contributed by atoms with van der Waals surface area (Å²) in [6.07, 6.45) is 4.12. The van der Waals surface area contributed by atoms with Crippen LogP contribution in [-0.4, -0.2) is 28.3 Å². The summed E-state index contributed by atoms with van der Waals surface area (Å²) in [7, 11) is 0. The number of benzene rings is 2. The molecule has 0 saturated carbocycles. The van der Waals surface area contributed by atoms with Gasteiger partial charge in [-0.1, -0.05) is 43.7 Å². The van der Waals surface area contributed by atoms with Crippen LogP contribution in [0, 0.1) is 0 Å². The van der Waals surface area contributed by atoms with E-state index in [9.17, 15) is 19.5 Å². The number of hydrogen-bond acceptors (Lipinski definition) is 5. The van der Waals surface area contributed by atoms with Gasteiger partial charge in [0.1, 0.15) is 5.25 Å². The first-order chi connectivity index (χ1) is 14.5. The average Bonchev–Trinajstić information content (AvgIpc) is 3.08. The number of rotatable bonds is 6. The smallest absolute Gasteiger partial charge is 0.335 e. The van der Waals surface area contributed by atoms with Crippen molar-refractivity contribution in [2.45, 2.75) is 50.4 Å². The molecule has 0 aliphatic carbocycles. The monoisotopic (exact) mass is 424 g/mol. The van der Waals surface area contributed by atoms with Crippen molar-refractivity contribution in [2.24, 2.45) is 0 Å². The van der Waals surface area contributed by atoms with E-state index in [1.165, 1.54) is 5.56 Å². The Hall–Kier alpha value is -2.80. The maximum atomic E-state index is 11.9. The molecule has 0 spiro atoms. The van der Waals surface area contributed by atoms with Gasteiger partial charge in [0.2, 0.25) is 5.91 Å². The lowest BCUT2D eigenvalue weighted by molar-refractivity contribution is -0.119. The maximum Gasteiger partial charge on any atom is 0.335 e. The third kappa shape index (κ3) is 4.07. The third-order valence-corrected chi connectivity index (χ3v) is 6.81. The number of fused-ring (bicyclic) bond motifs is 1. The number of imide groups is 1. The number of nitrogens with zero attached hydrogens (tertiary/aromatic N) is 1. The molecular formula is C23H24N2O4S. The zero-order chi connectivity index (χ0) is 21.3. The number of aryl methyl sites for hydroxylation is 1. The van der Waals surface area contributed by atoms with Crippen molar-refractivity contribution in [1.29, 1.82) is 0 Å². The van der Waals surface area contributed by atoms with E-state index in [2.05, 4.69) is 17.1 Å². The van der Waals surface area contributed by atoms with Crippen LogP contribution >= 0.6 is 11.8 Å². The standard InChI is InChI=1S/C23H24N2O4S/c1-2-3-18-11-10-15-8-9-17(22(27)28)12-19(15)25(18)13-14-4-6-16(7-5-14)20-21(26)24-23(29)30-20/h4-9,12,18,20H,2-3,10-11,13H2,1H3,(H,27,28)(H,24,26,29). The van der Waals surface area contributed by atoms with Crippen LogP contribution in [0.2, 0.25) is 0 Å². The first-order valence-electron chi connectivity index (χ1n) is 10.2. The third-order valence-electron chi connectivity index (χ3n) is 5.77. The predicted octanol–water partition coefficient (Wildman–Crippen LogP) is 4.53. The van der Waals surface area contributed by atoms with E-state index < -0.39 is 11.2 Å². The maximum absolute atomic E-state index is 11.9. The Morgan fingerprint density at radius 3 is 2.60 bits per heavy atom. The minimum atomic E-state index is -0.915. The zero-order valence-corrected chi connectivity index (χ0v) is 17.6. The van der Waals surface area contributed by atoms with E-state index in [1.54, 1.807) is 12.1 Å². The van der Waals surface area contributed by atoms with Crippen molar-refractivity contribution in [3.05, 3.63) is 64.7 Å². The number of aromatic carboxylic acids is 1. The molecule has 0 bridgehead atoms. The van der Waals surface area contributed by atoms with E-state index in [4.69, 9.17) is 0 Å². The summed E-state index contributed by atoms with van der Waals surface area (Å²) in [4.78, 5) is 37.2. The molecule has 2 aliphatic rings. The van der Waals surface area contributed by atoms with Crippen molar-refractivity contribution in [1.82, 2.24) is 5.32 Å². The van der Waals surface area contributed by atoms with Gasteiger partial charge in [-0.2, -0.15) is 0 Å². The van der Waals surface area contributed by atoms with Gasteiger partial charge in [0, 0.05) is 18.3 Å². The molecule has 2 aliphatic heterocycles. The molecule has 0 aromatic heterocycles. The van der Waals surface area contributed by atoms with Crippen LogP contribution in [0.3, 0.4) is 0 Å². The molecule has 2 amide bonds. The molecule has 156 valence electrons. The lowest BCUT2D eigenvalue weighted by atomic mass is 9.91.